The molecular formula is C22H27BrO11. The predicted octanol–water partition coefficient (Wildman–Crippen LogP) is 2.26. The number of carbonyl (C=O) groups excluding carboxylic acids is 4. The Labute approximate surface area is 205 Å². The van der Waals surface area contributed by atoms with E-state index in [1.165, 1.54) is 28.1 Å². The molecule has 0 N–H and O–H groups in total. The quantitative estimate of drug-likeness (QED) is 0.351. The molecule has 1 aliphatic rings. The lowest BCUT2D eigenvalue weighted by Gasteiger charge is -2.44. The highest BCUT2D eigenvalue weighted by Gasteiger charge is 2.53. The van der Waals surface area contributed by atoms with E-state index in [2.05, 4.69) is 15.9 Å². The van der Waals surface area contributed by atoms with Gasteiger partial charge in [0.2, 0.25) is 0 Å². The number of hydrogen-bond acceptors (Lipinski definition) is 11. The van der Waals surface area contributed by atoms with Crippen LogP contribution in [0.4, 0.5) is 0 Å². The molecule has 0 bridgehead atoms. The van der Waals surface area contributed by atoms with E-state index in [9.17, 15) is 19.2 Å². The molecular weight excluding hydrogens is 520 g/mol. The van der Waals surface area contributed by atoms with Gasteiger partial charge in [-0.1, -0.05) is 0 Å². The van der Waals surface area contributed by atoms with Crippen LogP contribution in [0.15, 0.2) is 16.6 Å². The molecule has 11 nitrogen and oxygen atoms in total. The lowest BCUT2D eigenvalue weighted by molar-refractivity contribution is -0.254. The summed E-state index contributed by atoms with van der Waals surface area (Å²) in [5, 5.41) is 0. The monoisotopic (exact) mass is 546 g/mol. The lowest BCUT2D eigenvalue weighted by Crippen LogP contribution is -2.59. The number of hydrogen-bond donors (Lipinski definition) is 0. The number of carbonyl (C=O) groups is 4. The zero-order valence-corrected chi connectivity index (χ0v) is 21.2. The number of benzene rings is 1. The molecule has 0 radical (unpaired) electrons. The molecule has 0 amide bonds. The van der Waals surface area contributed by atoms with E-state index in [0.717, 1.165) is 13.8 Å². The third-order valence-electron chi connectivity index (χ3n) is 4.80. The Balaban J connectivity index is 2.68. The fourth-order valence-electron chi connectivity index (χ4n) is 3.58. The Morgan fingerprint density at radius 2 is 1.32 bits per heavy atom. The van der Waals surface area contributed by atoms with Gasteiger partial charge in [0.1, 0.15) is 30.3 Å². The van der Waals surface area contributed by atoms with Gasteiger partial charge in [0, 0.05) is 39.3 Å². The SMILES string of the molecule is COc1cc(OC)c([C@@H]2O[C@H](COC(C)=O)[C@H](OC(C)=O)[C@H](OC(C)=O)[C@H]2OC(C)=O)cc1Br. The van der Waals surface area contributed by atoms with E-state index in [1.807, 2.05) is 0 Å². The minimum absolute atomic E-state index is 0.320. The number of esters is 4. The van der Waals surface area contributed by atoms with Crippen LogP contribution in [0.1, 0.15) is 39.4 Å². The smallest absolute Gasteiger partial charge is 0.303 e. The first kappa shape index (κ1) is 27.4. The van der Waals surface area contributed by atoms with Crippen molar-refractivity contribution in [2.45, 2.75) is 58.2 Å². The van der Waals surface area contributed by atoms with Crippen molar-refractivity contribution < 1.29 is 52.3 Å². The van der Waals surface area contributed by atoms with Crippen molar-refractivity contribution in [3.05, 3.63) is 22.2 Å². The second kappa shape index (κ2) is 12.0. The lowest BCUT2D eigenvalue weighted by atomic mass is 9.90. The Bertz CT molecular complexity index is 932. The van der Waals surface area contributed by atoms with Crippen LogP contribution >= 0.6 is 15.9 Å². The van der Waals surface area contributed by atoms with E-state index in [1.54, 1.807) is 12.1 Å². The summed E-state index contributed by atoms with van der Waals surface area (Å²) in [6.07, 6.45) is -5.91. The van der Waals surface area contributed by atoms with Gasteiger partial charge in [-0.25, -0.2) is 0 Å². The van der Waals surface area contributed by atoms with Gasteiger partial charge < -0.3 is 33.2 Å². The molecule has 1 aromatic carbocycles. The molecule has 34 heavy (non-hydrogen) atoms. The van der Waals surface area contributed by atoms with Gasteiger partial charge in [0.25, 0.3) is 0 Å². The van der Waals surface area contributed by atoms with Crippen LogP contribution < -0.4 is 9.47 Å². The average molecular weight is 547 g/mol. The largest absolute Gasteiger partial charge is 0.496 e. The van der Waals surface area contributed by atoms with Crippen molar-refractivity contribution in [2.75, 3.05) is 20.8 Å². The summed E-state index contributed by atoms with van der Waals surface area (Å²) in [5.74, 6) is -1.93. The summed E-state index contributed by atoms with van der Waals surface area (Å²) in [4.78, 5) is 47.3. The number of halogens is 1. The normalized spacial score (nSPS) is 23.9. The maximum Gasteiger partial charge on any atom is 0.303 e. The minimum Gasteiger partial charge on any atom is -0.496 e. The van der Waals surface area contributed by atoms with E-state index in [4.69, 9.17) is 33.2 Å². The highest BCUT2D eigenvalue weighted by atomic mass is 79.9. The Morgan fingerprint density at radius 1 is 0.794 bits per heavy atom. The maximum absolute atomic E-state index is 12.0. The number of ether oxygens (including phenoxy) is 7. The first-order valence-corrected chi connectivity index (χ1v) is 11.0. The molecule has 0 saturated carbocycles. The fraction of sp³-hybridized carbons (Fsp3) is 0.545. The van der Waals surface area contributed by atoms with Crippen molar-refractivity contribution in [2.24, 2.45) is 0 Å². The maximum atomic E-state index is 12.0. The first-order chi connectivity index (χ1) is 16.0. The predicted molar refractivity (Wildman–Crippen MR) is 118 cm³/mol. The summed E-state index contributed by atoms with van der Waals surface area (Å²) in [7, 11) is 2.91. The Kier molecular flexibility index (Phi) is 9.68. The molecule has 5 atom stereocenters. The van der Waals surface area contributed by atoms with E-state index >= 15 is 0 Å². The van der Waals surface area contributed by atoms with Crippen molar-refractivity contribution in [1.29, 1.82) is 0 Å². The molecule has 0 aromatic heterocycles. The van der Waals surface area contributed by atoms with Crippen molar-refractivity contribution in [3.63, 3.8) is 0 Å². The topological polar surface area (TPSA) is 133 Å². The summed E-state index contributed by atoms with van der Waals surface area (Å²) in [6.45, 7) is 4.37. The van der Waals surface area contributed by atoms with Crippen LogP contribution in [-0.2, 0) is 42.9 Å². The fourth-order valence-corrected chi connectivity index (χ4v) is 4.11. The summed E-state index contributed by atoms with van der Waals surface area (Å²) in [5.41, 5.74) is 0.410. The standard InChI is InChI=1S/C22H27BrO11/c1-10(24)30-9-18-20(31-11(2)25)22(33-13(4)27)21(32-12(3)26)19(34-18)14-7-15(23)17(29-6)8-16(14)28-5/h7-8,18-22H,9H2,1-6H3/t18-,19+,20+,21+,22+/m1/s1. The molecule has 1 saturated heterocycles. The summed E-state index contributed by atoms with van der Waals surface area (Å²) >= 11 is 3.41. The van der Waals surface area contributed by atoms with Gasteiger partial charge in [-0.2, -0.15) is 0 Å². The van der Waals surface area contributed by atoms with Gasteiger partial charge in [-0.15, -0.1) is 0 Å². The van der Waals surface area contributed by atoms with E-state index in [-0.39, 0.29) is 6.61 Å². The molecule has 2 rings (SSSR count). The van der Waals surface area contributed by atoms with Crippen LogP contribution in [0.5, 0.6) is 11.5 Å². The zero-order chi connectivity index (χ0) is 25.6. The van der Waals surface area contributed by atoms with Crippen LogP contribution in [0.2, 0.25) is 0 Å². The van der Waals surface area contributed by atoms with Gasteiger partial charge in [-0.05, 0) is 22.0 Å². The van der Waals surface area contributed by atoms with Gasteiger partial charge in [0.15, 0.2) is 18.3 Å². The molecule has 1 aromatic rings. The molecule has 0 unspecified atom stereocenters. The first-order valence-electron chi connectivity index (χ1n) is 10.2. The van der Waals surface area contributed by atoms with E-state index < -0.39 is 54.4 Å². The highest BCUT2D eigenvalue weighted by molar-refractivity contribution is 9.10. The molecule has 0 spiro atoms. The van der Waals surface area contributed by atoms with Crippen molar-refractivity contribution in [1.82, 2.24) is 0 Å². The Hall–Kier alpha value is -2.86. The van der Waals surface area contributed by atoms with E-state index in [0.29, 0.717) is 21.5 Å². The van der Waals surface area contributed by atoms with Crippen molar-refractivity contribution >= 4 is 39.8 Å². The summed E-state index contributed by atoms with van der Waals surface area (Å²) in [6, 6.07) is 3.23. The third-order valence-corrected chi connectivity index (χ3v) is 5.42. The average Bonchev–Trinajstić information content (AvgIpc) is 2.74. The van der Waals surface area contributed by atoms with Crippen LogP contribution in [0, 0.1) is 0 Å². The van der Waals surface area contributed by atoms with Crippen molar-refractivity contribution in [3.8, 4) is 11.5 Å². The molecule has 1 aliphatic heterocycles. The van der Waals surface area contributed by atoms with Crippen LogP contribution in [0.25, 0.3) is 0 Å². The minimum atomic E-state index is -1.28. The van der Waals surface area contributed by atoms with Gasteiger partial charge >= 0.3 is 23.9 Å². The highest BCUT2D eigenvalue weighted by Crippen LogP contribution is 2.44. The molecule has 12 heteroatoms. The second-order valence-corrected chi connectivity index (χ2v) is 8.20. The van der Waals surface area contributed by atoms with Crippen LogP contribution in [-0.4, -0.2) is 69.1 Å². The van der Waals surface area contributed by atoms with Gasteiger partial charge in [0.05, 0.1) is 18.7 Å². The molecule has 1 fully saturated rings. The molecule has 1 heterocycles. The summed E-state index contributed by atoms with van der Waals surface area (Å²) < 4.78 is 39.0. The number of rotatable bonds is 8. The molecule has 0 aliphatic carbocycles. The molecule has 188 valence electrons. The van der Waals surface area contributed by atoms with Crippen LogP contribution in [0.3, 0.4) is 0 Å². The van der Waals surface area contributed by atoms with Gasteiger partial charge in [-0.3, -0.25) is 19.2 Å². The third kappa shape index (κ3) is 6.83. The Morgan fingerprint density at radius 3 is 1.82 bits per heavy atom. The second-order valence-electron chi connectivity index (χ2n) is 7.35. The number of methoxy groups -OCH3 is 2. The zero-order valence-electron chi connectivity index (χ0n) is 19.6.